The van der Waals surface area contributed by atoms with E-state index in [0.717, 1.165) is 5.56 Å². The number of rotatable bonds is 3. The Bertz CT molecular complexity index is 479. The van der Waals surface area contributed by atoms with Crippen molar-refractivity contribution < 1.29 is 26.3 Å². The molecule has 2 aromatic rings. The van der Waals surface area contributed by atoms with Crippen molar-refractivity contribution in [2.24, 2.45) is 0 Å². The van der Waals surface area contributed by atoms with Crippen molar-refractivity contribution in [1.82, 2.24) is 0 Å². The molecular formula is C14H14BrNO. The van der Waals surface area contributed by atoms with E-state index in [0.29, 0.717) is 6.54 Å². The summed E-state index contributed by atoms with van der Waals surface area (Å²) < 4.78 is 1.89. The van der Waals surface area contributed by atoms with Crippen molar-refractivity contribution in [2.75, 3.05) is 0 Å². The summed E-state index contributed by atoms with van der Waals surface area (Å²) in [5.41, 5.74) is 1.96. The summed E-state index contributed by atoms with van der Waals surface area (Å²) >= 11 is 0. The predicted molar refractivity (Wildman–Crippen MR) is 62.1 cm³/mol. The molecule has 0 radical (unpaired) electrons. The van der Waals surface area contributed by atoms with Crippen LogP contribution >= 0.6 is 0 Å². The monoisotopic (exact) mass is 291 g/mol. The Labute approximate surface area is 112 Å². The molecule has 1 aromatic heterocycles. The number of hydrogen-bond acceptors (Lipinski definition) is 1. The lowest BCUT2D eigenvalue weighted by molar-refractivity contribution is -0.683. The highest BCUT2D eigenvalue weighted by Gasteiger charge is 2.10. The number of pyridine rings is 1. The van der Waals surface area contributed by atoms with E-state index in [4.69, 9.17) is 0 Å². The molecule has 1 aromatic carbocycles. The van der Waals surface area contributed by atoms with Gasteiger partial charge in [0.25, 0.3) is 0 Å². The normalized spacial score (nSPS) is 9.47. The Balaban J connectivity index is 0.00000144. The van der Waals surface area contributed by atoms with E-state index in [-0.39, 0.29) is 22.8 Å². The van der Waals surface area contributed by atoms with Crippen molar-refractivity contribution in [1.29, 1.82) is 0 Å². The summed E-state index contributed by atoms with van der Waals surface area (Å²) in [6.45, 7) is 2.42. The van der Waals surface area contributed by atoms with Gasteiger partial charge in [0.15, 0.2) is 12.4 Å². The van der Waals surface area contributed by atoms with Crippen molar-refractivity contribution in [2.45, 2.75) is 13.5 Å². The Morgan fingerprint density at radius 1 is 1.06 bits per heavy atom. The van der Waals surface area contributed by atoms with Crippen molar-refractivity contribution >= 4 is 5.78 Å². The number of ketones is 1. The van der Waals surface area contributed by atoms with Gasteiger partial charge < -0.3 is 17.0 Å². The highest BCUT2D eigenvalue weighted by molar-refractivity contribution is 5.94. The summed E-state index contributed by atoms with van der Waals surface area (Å²) in [4.78, 5) is 11.9. The second-order valence-corrected chi connectivity index (χ2v) is 3.84. The summed E-state index contributed by atoms with van der Waals surface area (Å²) in [5, 5.41) is 0. The van der Waals surface area contributed by atoms with Crippen LogP contribution in [0.2, 0.25) is 0 Å². The molecule has 0 aliphatic carbocycles. The number of benzene rings is 1. The predicted octanol–water partition coefficient (Wildman–Crippen LogP) is -0.831. The Hall–Kier alpha value is -1.48. The first kappa shape index (κ1) is 13.6. The van der Waals surface area contributed by atoms with Gasteiger partial charge in [0.05, 0.1) is 0 Å². The summed E-state index contributed by atoms with van der Waals surface area (Å²) in [7, 11) is 0. The van der Waals surface area contributed by atoms with Crippen molar-refractivity contribution in [3.05, 3.63) is 66.0 Å². The lowest BCUT2D eigenvalue weighted by atomic mass is 10.1. The van der Waals surface area contributed by atoms with Crippen LogP contribution in [-0.4, -0.2) is 5.78 Å². The van der Waals surface area contributed by atoms with E-state index >= 15 is 0 Å². The number of aryl methyl sites for hydroxylation is 1. The zero-order chi connectivity index (χ0) is 11.4. The van der Waals surface area contributed by atoms with Crippen molar-refractivity contribution in [3.63, 3.8) is 0 Å². The summed E-state index contributed by atoms with van der Waals surface area (Å²) in [6, 6.07) is 13.4. The van der Waals surface area contributed by atoms with Crippen LogP contribution in [-0.2, 0) is 6.54 Å². The first-order valence-corrected chi connectivity index (χ1v) is 5.30. The number of aromatic nitrogens is 1. The number of carbonyl (C=O) groups is 1. The molecule has 0 amide bonds. The molecule has 2 rings (SSSR count). The van der Waals surface area contributed by atoms with Gasteiger partial charge in [-0.1, -0.05) is 30.3 Å². The van der Waals surface area contributed by atoms with Gasteiger partial charge in [-0.15, -0.1) is 0 Å². The van der Waals surface area contributed by atoms with E-state index < -0.39 is 0 Å². The van der Waals surface area contributed by atoms with Crippen LogP contribution in [0.25, 0.3) is 0 Å². The zero-order valence-electron chi connectivity index (χ0n) is 9.64. The van der Waals surface area contributed by atoms with Gasteiger partial charge >= 0.3 is 0 Å². The molecule has 88 valence electrons. The average Bonchev–Trinajstić information content (AvgIpc) is 2.33. The first-order chi connectivity index (χ1) is 7.75. The van der Waals surface area contributed by atoms with E-state index in [1.54, 1.807) is 0 Å². The lowest BCUT2D eigenvalue weighted by Crippen LogP contribution is -3.00. The van der Waals surface area contributed by atoms with Crippen LogP contribution in [0.1, 0.15) is 15.9 Å². The fraction of sp³-hybridized carbons (Fsp3) is 0.143. The molecule has 0 spiro atoms. The molecule has 0 atom stereocenters. The van der Waals surface area contributed by atoms with E-state index in [2.05, 4.69) is 0 Å². The third kappa shape index (κ3) is 3.79. The van der Waals surface area contributed by atoms with Crippen LogP contribution in [0.3, 0.4) is 0 Å². The van der Waals surface area contributed by atoms with Gasteiger partial charge in [-0.3, -0.25) is 4.79 Å². The van der Waals surface area contributed by atoms with E-state index in [9.17, 15) is 4.79 Å². The molecule has 0 saturated heterocycles. The molecule has 2 nitrogen and oxygen atoms in total. The van der Waals surface area contributed by atoms with Crippen LogP contribution in [0, 0.1) is 6.92 Å². The topological polar surface area (TPSA) is 20.9 Å². The second-order valence-electron chi connectivity index (χ2n) is 3.84. The molecular weight excluding hydrogens is 278 g/mol. The molecule has 0 unspecified atom stereocenters. The quantitative estimate of drug-likeness (QED) is 0.534. The number of carbonyl (C=O) groups excluding carboxylic acids is 1. The molecule has 0 saturated carbocycles. The minimum atomic E-state index is 0. The number of Topliss-reactive ketones (excluding diaryl/α,β-unsaturated/α-hetero) is 1. The third-order valence-electron chi connectivity index (χ3n) is 2.48. The van der Waals surface area contributed by atoms with Gasteiger partial charge in [0.1, 0.15) is 0 Å². The van der Waals surface area contributed by atoms with Crippen LogP contribution in [0.15, 0.2) is 54.9 Å². The fourth-order valence-electron chi connectivity index (χ4n) is 1.52. The molecule has 0 aliphatic rings. The summed E-state index contributed by atoms with van der Waals surface area (Å²) in [6.07, 6.45) is 3.85. The van der Waals surface area contributed by atoms with E-state index in [1.807, 2.05) is 66.3 Å². The van der Waals surface area contributed by atoms with E-state index in [1.165, 1.54) is 5.56 Å². The molecule has 0 fully saturated rings. The first-order valence-electron chi connectivity index (χ1n) is 5.30. The highest BCUT2D eigenvalue weighted by Crippen LogP contribution is 2.00. The van der Waals surface area contributed by atoms with Gasteiger partial charge in [-0.05, 0) is 12.5 Å². The number of nitrogens with zero attached hydrogens (tertiary/aromatic N) is 1. The average molecular weight is 292 g/mol. The Morgan fingerprint density at radius 3 is 2.24 bits per heavy atom. The third-order valence-corrected chi connectivity index (χ3v) is 2.48. The minimum absolute atomic E-state index is 0. The summed E-state index contributed by atoms with van der Waals surface area (Å²) in [5.74, 6) is 0.134. The standard InChI is InChI=1S/C14H14NO.BrH/c1-12-7-9-15(10-8-12)11-14(16)13-5-3-2-4-6-13;/h2-10H,11H2,1H3;1H/q+1;/p-1. The molecule has 0 N–H and O–H groups in total. The minimum Gasteiger partial charge on any atom is -1.00 e. The molecule has 3 heteroatoms. The Morgan fingerprint density at radius 2 is 1.65 bits per heavy atom. The largest absolute Gasteiger partial charge is 1.00 e. The van der Waals surface area contributed by atoms with Gasteiger partial charge in [0.2, 0.25) is 12.3 Å². The maximum Gasteiger partial charge on any atom is 0.227 e. The van der Waals surface area contributed by atoms with Gasteiger partial charge in [0, 0.05) is 17.7 Å². The lowest BCUT2D eigenvalue weighted by Gasteiger charge is -1.97. The van der Waals surface area contributed by atoms with Crippen LogP contribution in [0.4, 0.5) is 0 Å². The Kier molecular flexibility index (Phi) is 5.04. The van der Waals surface area contributed by atoms with Crippen LogP contribution < -0.4 is 21.5 Å². The van der Waals surface area contributed by atoms with Crippen molar-refractivity contribution in [3.8, 4) is 0 Å². The molecule has 0 aliphatic heterocycles. The van der Waals surface area contributed by atoms with Gasteiger partial charge in [-0.25, -0.2) is 0 Å². The molecule has 1 heterocycles. The zero-order valence-corrected chi connectivity index (χ0v) is 11.2. The van der Waals surface area contributed by atoms with Gasteiger partial charge in [-0.2, -0.15) is 4.57 Å². The second kappa shape index (κ2) is 6.30. The fourth-order valence-corrected chi connectivity index (χ4v) is 1.52. The molecule has 0 bridgehead atoms. The maximum atomic E-state index is 11.9. The number of hydrogen-bond donors (Lipinski definition) is 0. The maximum absolute atomic E-state index is 11.9. The SMILES string of the molecule is Cc1cc[n+](CC(=O)c2ccccc2)cc1.[Br-]. The molecule has 17 heavy (non-hydrogen) atoms. The number of halogens is 1. The smallest absolute Gasteiger partial charge is 0.227 e. The van der Waals surface area contributed by atoms with Crippen LogP contribution in [0.5, 0.6) is 0 Å². The highest BCUT2D eigenvalue weighted by atomic mass is 79.9.